The maximum Gasteiger partial charge on any atom is 0.261 e. The van der Waals surface area contributed by atoms with E-state index in [1.54, 1.807) is 18.3 Å². The van der Waals surface area contributed by atoms with Gasteiger partial charge in [-0.25, -0.2) is 8.42 Å². The van der Waals surface area contributed by atoms with E-state index in [9.17, 15) is 8.42 Å². The Morgan fingerprint density at radius 1 is 1.20 bits per heavy atom. The molecular weight excluding hydrogens is 302 g/mol. The molecule has 0 aliphatic carbocycles. The molecule has 0 saturated carbocycles. The fourth-order valence-corrected chi connectivity index (χ4v) is 2.88. The van der Waals surface area contributed by atoms with Gasteiger partial charge in [0.15, 0.2) is 0 Å². The number of pyridine rings is 1. The van der Waals surface area contributed by atoms with Gasteiger partial charge in [-0.2, -0.15) is 0 Å². The molecule has 0 N–H and O–H groups in total. The molecule has 0 amide bonds. The highest BCUT2D eigenvalue weighted by Crippen LogP contribution is 2.30. The number of benzene rings is 1. The summed E-state index contributed by atoms with van der Waals surface area (Å²) >= 11 is 3.33. The van der Waals surface area contributed by atoms with Crippen molar-refractivity contribution in [1.82, 2.24) is 4.98 Å². The largest absolute Gasteiger partial charge is 0.264 e. The van der Waals surface area contributed by atoms with Crippen LogP contribution in [0.3, 0.4) is 0 Å². The van der Waals surface area contributed by atoms with E-state index in [0.717, 1.165) is 9.86 Å². The minimum absolute atomic E-state index is 0.0791. The lowest BCUT2D eigenvalue weighted by atomic mass is 10.2. The first-order chi connectivity index (χ1) is 7.00. The first-order valence-corrected chi connectivity index (χ1v) is 7.07. The molecule has 0 fully saturated rings. The topological polar surface area (TPSA) is 47.0 Å². The molecule has 0 atom stereocenters. The number of hydrogen-bond acceptors (Lipinski definition) is 3. The second kappa shape index (κ2) is 3.73. The number of nitrogens with zero attached hydrogens (tertiary/aromatic N) is 1. The van der Waals surface area contributed by atoms with Crippen molar-refractivity contribution >= 4 is 46.4 Å². The van der Waals surface area contributed by atoms with Gasteiger partial charge in [-0.1, -0.05) is 15.9 Å². The normalized spacial score (nSPS) is 11.9. The van der Waals surface area contributed by atoms with Crippen molar-refractivity contribution in [2.24, 2.45) is 0 Å². The molecule has 1 aromatic carbocycles. The highest BCUT2D eigenvalue weighted by atomic mass is 79.9. The van der Waals surface area contributed by atoms with Crippen LogP contribution in [0.2, 0.25) is 0 Å². The van der Waals surface area contributed by atoms with Crippen molar-refractivity contribution in [2.75, 3.05) is 0 Å². The molecule has 1 heterocycles. The Morgan fingerprint density at radius 3 is 2.60 bits per heavy atom. The quantitative estimate of drug-likeness (QED) is 0.761. The lowest BCUT2D eigenvalue weighted by Gasteiger charge is -2.04. The van der Waals surface area contributed by atoms with Crippen molar-refractivity contribution < 1.29 is 8.42 Å². The molecule has 0 spiro atoms. The number of aromatic nitrogens is 1. The maximum absolute atomic E-state index is 11.3. The fraction of sp³-hybridized carbons (Fsp3) is 0. The summed E-state index contributed by atoms with van der Waals surface area (Å²) in [7, 11) is 1.58. The number of halogens is 2. The molecule has 1 aromatic heterocycles. The summed E-state index contributed by atoms with van der Waals surface area (Å²) in [6.07, 6.45) is 3.08. The van der Waals surface area contributed by atoms with Crippen LogP contribution in [0.15, 0.2) is 40.0 Å². The van der Waals surface area contributed by atoms with Crippen LogP contribution in [-0.4, -0.2) is 13.4 Å². The zero-order valence-electron chi connectivity index (χ0n) is 7.31. The van der Waals surface area contributed by atoms with E-state index in [4.69, 9.17) is 10.7 Å². The van der Waals surface area contributed by atoms with E-state index in [1.165, 1.54) is 12.3 Å². The Kier molecular flexibility index (Phi) is 2.70. The van der Waals surface area contributed by atoms with Gasteiger partial charge in [0.05, 0.1) is 4.90 Å². The van der Waals surface area contributed by atoms with Crippen molar-refractivity contribution in [2.45, 2.75) is 4.90 Å². The van der Waals surface area contributed by atoms with Crippen molar-refractivity contribution in [3.05, 3.63) is 35.1 Å². The Hall–Kier alpha value is -0.650. The van der Waals surface area contributed by atoms with Crippen molar-refractivity contribution in [3.63, 3.8) is 0 Å². The average molecular weight is 307 g/mol. The van der Waals surface area contributed by atoms with Crippen LogP contribution in [0.25, 0.3) is 10.8 Å². The predicted molar refractivity (Wildman–Crippen MR) is 62.5 cm³/mol. The number of rotatable bonds is 1. The van der Waals surface area contributed by atoms with E-state index in [1.807, 2.05) is 0 Å². The van der Waals surface area contributed by atoms with E-state index in [2.05, 4.69) is 20.9 Å². The zero-order chi connectivity index (χ0) is 11.1. The Balaban J connectivity index is 2.96. The molecular formula is C9H5BrClNO2S. The highest BCUT2D eigenvalue weighted by molar-refractivity contribution is 9.10. The van der Waals surface area contributed by atoms with Crippen LogP contribution in [0, 0.1) is 0 Å². The summed E-state index contributed by atoms with van der Waals surface area (Å²) in [5, 5.41) is 1.29. The predicted octanol–water partition coefficient (Wildman–Crippen LogP) is 2.92. The zero-order valence-corrected chi connectivity index (χ0v) is 10.5. The van der Waals surface area contributed by atoms with E-state index in [0.29, 0.717) is 5.39 Å². The van der Waals surface area contributed by atoms with E-state index < -0.39 is 9.05 Å². The average Bonchev–Trinajstić information content (AvgIpc) is 2.17. The van der Waals surface area contributed by atoms with Crippen LogP contribution >= 0.6 is 26.6 Å². The van der Waals surface area contributed by atoms with Gasteiger partial charge in [0, 0.05) is 38.3 Å². The van der Waals surface area contributed by atoms with Crippen LogP contribution in [0.4, 0.5) is 0 Å². The first-order valence-electron chi connectivity index (χ1n) is 3.97. The van der Waals surface area contributed by atoms with E-state index in [-0.39, 0.29) is 4.90 Å². The summed E-state index contributed by atoms with van der Waals surface area (Å²) in [4.78, 5) is 3.96. The van der Waals surface area contributed by atoms with Gasteiger partial charge in [0.1, 0.15) is 0 Å². The lowest BCUT2D eigenvalue weighted by molar-refractivity contribution is 0.610. The standard InChI is InChI=1S/C9H5BrClNO2S/c10-8-1-2-9(15(11,13)14)7-5-12-4-3-6(7)8/h1-5H. The van der Waals surface area contributed by atoms with Crippen LogP contribution < -0.4 is 0 Å². The van der Waals surface area contributed by atoms with Crippen LogP contribution in [0.1, 0.15) is 0 Å². The molecule has 0 aliphatic heterocycles. The molecule has 3 nitrogen and oxygen atoms in total. The summed E-state index contributed by atoms with van der Waals surface area (Å²) in [5.74, 6) is 0. The molecule has 0 radical (unpaired) electrons. The summed E-state index contributed by atoms with van der Waals surface area (Å²) in [6, 6.07) is 4.83. The van der Waals surface area contributed by atoms with Gasteiger partial charge in [0.2, 0.25) is 0 Å². The molecule has 0 bridgehead atoms. The molecule has 0 unspecified atom stereocenters. The molecule has 0 aliphatic rings. The molecule has 2 aromatic rings. The third kappa shape index (κ3) is 2.00. The molecule has 0 saturated heterocycles. The second-order valence-corrected chi connectivity index (χ2v) is 6.29. The van der Waals surface area contributed by atoms with Gasteiger partial charge >= 0.3 is 0 Å². The molecule has 78 valence electrons. The summed E-state index contributed by atoms with van der Waals surface area (Å²) < 4.78 is 23.4. The van der Waals surface area contributed by atoms with E-state index >= 15 is 0 Å². The van der Waals surface area contributed by atoms with Crippen LogP contribution in [-0.2, 0) is 9.05 Å². The van der Waals surface area contributed by atoms with Gasteiger partial charge < -0.3 is 0 Å². The number of fused-ring (bicyclic) bond motifs is 1. The Labute approximate surface area is 99.6 Å². The maximum atomic E-state index is 11.3. The molecule has 2 rings (SSSR count). The minimum Gasteiger partial charge on any atom is -0.264 e. The number of hydrogen-bond donors (Lipinski definition) is 0. The van der Waals surface area contributed by atoms with Gasteiger partial charge in [0.25, 0.3) is 9.05 Å². The lowest BCUT2D eigenvalue weighted by Crippen LogP contribution is -1.92. The fourth-order valence-electron chi connectivity index (χ4n) is 1.34. The Morgan fingerprint density at radius 2 is 1.93 bits per heavy atom. The molecule has 15 heavy (non-hydrogen) atoms. The first kappa shape index (κ1) is 10.9. The Bertz CT molecular complexity index is 627. The SMILES string of the molecule is O=S(=O)(Cl)c1ccc(Br)c2ccncc12. The second-order valence-electron chi connectivity index (χ2n) is 2.90. The third-order valence-corrected chi connectivity index (χ3v) is 4.06. The van der Waals surface area contributed by atoms with Gasteiger partial charge in [-0.05, 0) is 18.2 Å². The minimum atomic E-state index is -3.73. The van der Waals surface area contributed by atoms with Gasteiger partial charge in [-0.3, -0.25) is 4.98 Å². The summed E-state index contributed by atoms with van der Waals surface area (Å²) in [6.45, 7) is 0. The monoisotopic (exact) mass is 305 g/mol. The third-order valence-electron chi connectivity index (χ3n) is 1.99. The van der Waals surface area contributed by atoms with Crippen molar-refractivity contribution in [3.8, 4) is 0 Å². The van der Waals surface area contributed by atoms with Crippen molar-refractivity contribution in [1.29, 1.82) is 0 Å². The van der Waals surface area contributed by atoms with Crippen LogP contribution in [0.5, 0.6) is 0 Å². The highest BCUT2D eigenvalue weighted by Gasteiger charge is 2.15. The summed E-state index contributed by atoms with van der Waals surface area (Å²) in [5.41, 5.74) is 0. The van der Waals surface area contributed by atoms with Gasteiger partial charge in [-0.15, -0.1) is 0 Å². The smallest absolute Gasteiger partial charge is 0.261 e. The molecule has 6 heteroatoms.